The van der Waals surface area contributed by atoms with Gasteiger partial charge in [-0.25, -0.2) is 4.42 Å². The maximum Gasteiger partial charge on any atom is 0.307 e. The Kier molecular flexibility index (Phi) is 7.43. The number of rotatable bonds is 8. The van der Waals surface area contributed by atoms with Crippen LogP contribution in [0.15, 0.2) is 12.7 Å². The van der Waals surface area contributed by atoms with Crippen LogP contribution in [0.5, 0.6) is 0 Å². The van der Waals surface area contributed by atoms with E-state index in [-0.39, 0.29) is 11.4 Å². The fraction of sp³-hybridized carbons (Fsp3) is 0.750. The van der Waals surface area contributed by atoms with Gasteiger partial charge in [0.25, 0.3) is 0 Å². The monoisotopic (exact) mass is 247 g/mol. The fourth-order valence-corrected chi connectivity index (χ4v) is 1.85. The van der Waals surface area contributed by atoms with Crippen LogP contribution in [0, 0.1) is 5.41 Å². The van der Waals surface area contributed by atoms with Crippen molar-refractivity contribution in [2.45, 2.75) is 33.6 Å². The minimum atomic E-state index is -0.199. The van der Waals surface area contributed by atoms with Crippen LogP contribution in [0.3, 0.4) is 0 Å². The second kappa shape index (κ2) is 7.69. The number of ether oxygens (including phenoxy) is 1. The molecule has 0 rings (SSSR count). The minimum Gasteiger partial charge on any atom is -0.466 e. The molecule has 0 aliphatic heterocycles. The molecule has 0 saturated heterocycles. The van der Waals surface area contributed by atoms with E-state index in [1.54, 1.807) is 11.3 Å². The Morgan fingerprint density at radius 1 is 1.56 bits per heavy atom. The number of allylic oxidation sites excluding steroid dienone is 1. The Hall–Kier alpha value is -0.540. The molecule has 3 nitrogen and oxygen atoms in total. The van der Waals surface area contributed by atoms with Crippen molar-refractivity contribution in [3.63, 3.8) is 0 Å². The molecule has 94 valence electrons. The van der Waals surface area contributed by atoms with Gasteiger partial charge in [-0.2, -0.15) is 0 Å². The predicted molar refractivity (Wildman–Crippen MR) is 67.3 cm³/mol. The SMILES string of the molecule is C=CCC(C)(C)CN(Cl)CCC(=O)OCC. The predicted octanol–water partition coefficient (Wildman–Crippen LogP) is 3.00. The van der Waals surface area contributed by atoms with Crippen molar-refractivity contribution in [2.24, 2.45) is 5.41 Å². The van der Waals surface area contributed by atoms with Crippen molar-refractivity contribution in [2.75, 3.05) is 19.7 Å². The molecule has 0 aromatic carbocycles. The number of esters is 1. The van der Waals surface area contributed by atoms with Crippen molar-refractivity contribution >= 4 is 17.7 Å². The number of carbonyl (C=O) groups is 1. The Morgan fingerprint density at radius 2 is 2.19 bits per heavy atom. The number of halogens is 1. The number of carbonyl (C=O) groups excluding carboxylic acids is 1. The van der Waals surface area contributed by atoms with Gasteiger partial charge in [-0.1, -0.05) is 19.9 Å². The molecule has 0 spiro atoms. The molecule has 0 N–H and O–H groups in total. The van der Waals surface area contributed by atoms with Crippen molar-refractivity contribution in [1.82, 2.24) is 4.42 Å². The summed E-state index contributed by atoms with van der Waals surface area (Å²) in [6, 6.07) is 0. The molecule has 0 aliphatic carbocycles. The van der Waals surface area contributed by atoms with Gasteiger partial charge in [0.1, 0.15) is 0 Å². The Morgan fingerprint density at radius 3 is 2.69 bits per heavy atom. The first kappa shape index (κ1) is 15.5. The third-order valence-corrected chi connectivity index (χ3v) is 2.45. The fourth-order valence-electron chi connectivity index (χ4n) is 1.44. The summed E-state index contributed by atoms with van der Waals surface area (Å²) in [7, 11) is 0. The third kappa shape index (κ3) is 7.71. The van der Waals surface area contributed by atoms with Crippen molar-refractivity contribution < 1.29 is 9.53 Å². The summed E-state index contributed by atoms with van der Waals surface area (Å²) in [5.41, 5.74) is 0.0815. The molecule has 0 saturated carbocycles. The maximum atomic E-state index is 11.1. The van der Waals surface area contributed by atoms with Crippen molar-refractivity contribution in [3.05, 3.63) is 12.7 Å². The van der Waals surface area contributed by atoms with Gasteiger partial charge in [-0.3, -0.25) is 4.79 Å². The highest BCUT2D eigenvalue weighted by Crippen LogP contribution is 2.23. The lowest BCUT2D eigenvalue weighted by Gasteiger charge is -2.27. The summed E-state index contributed by atoms with van der Waals surface area (Å²) < 4.78 is 6.47. The van der Waals surface area contributed by atoms with Crippen LogP contribution in [0.2, 0.25) is 0 Å². The first-order chi connectivity index (χ1) is 7.41. The second-order valence-corrected chi connectivity index (χ2v) is 5.03. The molecule has 0 aromatic rings. The molecule has 4 heteroatoms. The summed E-state index contributed by atoms with van der Waals surface area (Å²) in [5, 5.41) is 0. The van der Waals surface area contributed by atoms with Gasteiger partial charge in [-0.05, 0) is 30.5 Å². The van der Waals surface area contributed by atoms with Crippen molar-refractivity contribution in [1.29, 1.82) is 0 Å². The quantitative estimate of drug-likeness (QED) is 0.375. The van der Waals surface area contributed by atoms with Crippen LogP contribution in [-0.4, -0.2) is 30.1 Å². The molecule has 0 heterocycles. The summed E-state index contributed by atoms with van der Waals surface area (Å²) in [5.74, 6) is -0.199. The first-order valence-electron chi connectivity index (χ1n) is 5.58. The number of hydrogen-bond donors (Lipinski definition) is 0. The zero-order valence-electron chi connectivity index (χ0n) is 10.5. The molecule has 0 atom stereocenters. The smallest absolute Gasteiger partial charge is 0.307 e. The molecule has 0 bridgehead atoms. The maximum absolute atomic E-state index is 11.1. The Balaban J connectivity index is 3.85. The Labute approximate surface area is 104 Å². The zero-order chi connectivity index (χ0) is 12.6. The van der Waals surface area contributed by atoms with Crippen LogP contribution in [0.4, 0.5) is 0 Å². The molecule has 0 aromatic heterocycles. The molecule has 16 heavy (non-hydrogen) atoms. The standard InChI is InChI=1S/C12H22ClNO2/c1-5-8-12(3,4)10-14(13)9-7-11(15)16-6-2/h5H,1,6-10H2,2-4H3. The van der Waals surface area contributed by atoms with Gasteiger partial charge in [0.2, 0.25) is 0 Å². The zero-order valence-corrected chi connectivity index (χ0v) is 11.2. The molecule has 0 aliphatic rings. The summed E-state index contributed by atoms with van der Waals surface area (Å²) >= 11 is 6.04. The van der Waals surface area contributed by atoms with Crippen LogP contribution in [-0.2, 0) is 9.53 Å². The summed E-state index contributed by atoms with van der Waals surface area (Å²) in [6.45, 7) is 11.4. The van der Waals surface area contributed by atoms with E-state index in [1.807, 2.05) is 6.08 Å². The van der Waals surface area contributed by atoms with Crippen molar-refractivity contribution in [3.8, 4) is 0 Å². The van der Waals surface area contributed by atoms with Gasteiger partial charge >= 0.3 is 5.97 Å². The van der Waals surface area contributed by atoms with Crippen LogP contribution < -0.4 is 0 Å². The van der Waals surface area contributed by atoms with Crippen LogP contribution in [0.25, 0.3) is 0 Å². The number of nitrogens with zero attached hydrogens (tertiary/aromatic N) is 1. The lowest BCUT2D eigenvalue weighted by Crippen LogP contribution is -2.29. The molecular formula is C12H22ClNO2. The molecule has 0 radical (unpaired) electrons. The van der Waals surface area contributed by atoms with Gasteiger partial charge in [0, 0.05) is 13.1 Å². The van der Waals surface area contributed by atoms with E-state index in [2.05, 4.69) is 20.4 Å². The summed E-state index contributed by atoms with van der Waals surface area (Å²) in [6.07, 6.45) is 3.12. The van der Waals surface area contributed by atoms with E-state index in [4.69, 9.17) is 16.5 Å². The molecular weight excluding hydrogens is 226 g/mol. The van der Waals surface area contributed by atoms with Gasteiger partial charge < -0.3 is 4.74 Å². The largest absolute Gasteiger partial charge is 0.466 e. The minimum absolute atomic E-state index is 0.0815. The lowest BCUT2D eigenvalue weighted by atomic mass is 9.89. The average Bonchev–Trinajstić information content (AvgIpc) is 2.14. The Bertz CT molecular complexity index is 229. The van der Waals surface area contributed by atoms with E-state index in [0.29, 0.717) is 19.6 Å². The second-order valence-electron chi connectivity index (χ2n) is 4.56. The topological polar surface area (TPSA) is 29.5 Å². The highest BCUT2D eigenvalue weighted by atomic mass is 35.5. The van der Waals surface area contributed by atoms with Crippen LogP contribution in [0.1, 0.15) is 33.6 Å². The van der Waals surface area contributed by atoms with Crippen LogP contribution >= 0.6 is 11.8 Å². The van der Waals surface area contributed by atoms with E-state index in [9.17, 15) is 4.79 Å². The highest BCUT2D eigenvalue weighted by Gasteiger charge is 2.19. The normalized spacial score (nSPS) is 11.6. The van der Waals surface area contributed by atoms with Gasteiger partial charge in [0.15, 0.2) is 0 Å². The molecule has 0 amide bonds. The van der Waals surface area contributed by atoms with E-state index >= 15 is 0 Å². The van der Waals surface area contributed by atoms with E-state index in [1.165, 1.54) is 0 Å². The lowest BCUT2D eigenvalue weighted by molar-refractivity contribution is -0.143. The first-order valence-corrected chi connectivity index (χ1v) is 5.92. The summed E-state index contributed by atoms with van der Waals surface area (Å²) in [4.78, 5) is 11.1. The van der Waals surface area contributed by atoms with E-state index in [0.717, 1.165) is 13.0 Å². The third-order valence-electron chi connectivity index (χ3n) is 2.16. The molecule has 0 unspecified atom stereocenters. The average molecular weight is 248 g/mol. The van der Waals surface area contributed by atoms with Gasteiger partial charge in [-0.15, -0.1) is 6.58 Å². The van der Waals surface area contributed by atoms with E-state index < -0.39 is 0 Å². The van der Waals surface area contributed by atoms with Gasteiger partial charge in [0.05, 0.1) is 13.0 Å². The highest BCUT2D eigenvalue weighted by molar-refractivity contribution is 6.13. The molecule has 0 fully saturated rings. The number of hydrogen-bond acceptors (Lipinski definition) is 3.